The zero-order chi connectivity index (χ0) is 24.9. The second-order valence-electron chi connectivity index (χ2n) is 7.43. The summed E-state index contributed by atoms with van der Waals surface area (Å²) in [6.45, 7) is 3.47. The average molecular weight is 506 g/mol. The van der Waals surface area contributed by atoms with Gasteiger partial charge in [-0.05, 0) is 38.5 Å². The number of thiazole rings is 1. The van der Waals surface area contributed by atoms with Crippen molar-refractivity contribution in [3.63, 3.8) is 0 Å². The summed E-state index contributed by atoms with van der Waals surface area (Å²) < 4.78 is 31.9. The molecule has 1 amide bonds. The summed E-state index contributed by atoms with van der Waals surface area (Å²) in [6, 6.07) is 10.6. The van der Waals surface area contributed by atoms with Crippen LogP contribution in [-0.2, 0) is 30.7 Å². The molecule has 0 saturated carbocycles. The minimum atomic E-state index is -3.53. The molecule has 0 aliphatic heterocycles. The molecular formula is C22H23N3O7S2. The van der Waals surface area contributed by atoms with Crippen LogP contribution in [0.4, 0.5) is 5.69 Å². The molecule has 1 aromatic heterocycles. The van der Waals surface area contributed by atoms with Crippen LogP contribution in [0.15, 0.2) is 52.4 Å². The molecule has 0 N–H and O–H groups in total. The molecule has 34 heavy (non-hydrogen) atoms. The molecule has 0 saturated heterocycles. The number of nitro groups is 1. The number of hydrogen-bond donors (Lipinski definition) is 0. The number of amides is 1. The fourth-order valence-corrected chi connectivity index (χ4v) is 5.58. The molecule has 3 rings (SSSR count). The summed E-state index contributed by atoms with van der Waals surface area (Å²) in [5, 5.41) is 11.1. The molecule has 0 aliphatic rings. The number of rotatable bonds is 9. The number of aromatic nitrogens is 1. The highest BCUT2D eigenvalue weighted by Gasteiger charge is 2.17. The lowest BCUT2D eigenvalue weighted by molar-refractivity contribution is -0.384. The summed E-state index contributed by atoms with van der Waals surface area (Å²) in [6.07, 6.45) is -0.0360. The van der Waals surface area contributed by atoms with Gasteiger partial charge < -0.3 is 9.30 Å². The zero-order valence-corrected chi connectivity index (χ0v) is 20.2. The molecule has 0 spiro atoms. The lowest BCUT2D eigenvalue weighted by Gasteiger charge is -2.05. The standard InChI is InChI=1S/C22H23N3O7S2/c1-3-32-21(27)14-24-18-11-8-16(25(28)29)13-19(18)33-22(24)23-20(26)5-4-12-34(30,31)17-9-6-15(2)7-10-17/h6-11,13H,3-5,12,14H2,1-2H3. The van der Waals surface area contributed by atoms with Gasteiger partial charge in [0.25, 0.3) is 5.69 Å². The monoisotopic (exact) mass is 505 g/mol. The number of carbonyl (C=O) groups excluding carboxylic acids is 2. The number of nitrogens with zero attached hydrogens (tertiary/aromatic N) is 3. The van der Waals surface area contributed by atoms with Crippen LogP contribution in [0.1, 0.15) is 25.3 Å². The summed E-state index contributed by atoms with van der Waals surface area (Å²) in [4.78, 5) is 39.6. The van der Waals surface area contributed by atoms with E-state index in [0.717, 1.165) is 16.9 Å². The fourth-order valence-electron chi connectivity index (χ4n) is 3.19. The third-order valence-corrected chi connectivity index (χ3v) is 7.73. The maximum absolute atomic E-state index is 12.5. The first-order valence-corrected chi connectivity index (χ1v) is 12.9. The highest BCUT2D eigenvalue weighted by atomic mass is 32.2. The van der Waals surface area contributed by atoms with Gasteiger partial charge in [-0.1, -0.05) is 29.0 Å². The predicted octanol–water partition coefficient (Wildman–Crippen LogP) is 3.16. The third-order valence-electron chi connectivity index (χ3n) is 4.87. The van der Waals surface area contributed by atoms with E-state index in [1.807, 2.05) is 6.92 Å². The molecular weight excluding hydrogens is 482 g/mol. The number of benzene rings is 2. The molecule has 0 bridgehead atoms. The van der Waals surface area contributed by atoms with Gasteiger partial charge in [0.05, 0.1) is 32.4 Å². The molecule has 0 atom stereocenters. The second kappa shape index (κ2) is 10.7. The van der Waals surface area contributed by atoms with Crippen molar-refractivity contribution in [2.24, 2.45) is 4.99 Å². The molecule has 0 fully saturated rings. The van der Waals surface area contributed by atoms with Gasteiger partial charge in [0.15, 0.2) is 14.6 Å². The predicted molar refractivity (Wildman–Crippen MR) is 126 cm³/mol. The van der Waals surface area contributed by atoms with Gasteiger partial charge in [-0.3, -0.25) is 19.7 Å². The van der Waals surface area contributed by atoms with Crippen molar-refractivity contribution in [3.05, 3.63) is 62.9 Å². The first kappa shape index (κ1) is 25.2. The van der Waals surface area contributed by atoms with Gasteiger partial charge in [-0.15, -0.1) is 0 Å². The third kappa shape index (κ3) is 6.14. The van der Waals surface area contributed by atoms with Gasteiger partial charge in [0, 0.05) is 18.6 Å². The van der Waals surface area contributed by atoms with Crippen molar-refractivity contribution in [2.75, 3.05) is 12.4 Å². The van der Waals surface area contributed by atoms with Gasteiger partial charge >= 0.3 is 5.97 Å². The highest BCUT2D eigenvalue weighted by molar-refractivity contribution is 7.91. The Kier molecular flexibility index (Phi) is 7.94. The van der Waals surface area contributed by atoms with Crippen LogP contribution in [0.3, 0.4) is 0 Å². The van der Waals surface area contributed by atoms with Crippen LogP contribution in [0.25, 0.3) is 10.2 Å². The normalized spacial score (nSPS) is 12.1. The summed E-state index contributed by atoms with van der Waals surface area (Å²) in [7, 11) is -3.53. The largest absolute Gasteiger partial charge is 0.465 e. The Morgan fingerprint density at radius 1 is 1.18 bits per heavy atom. The van der Waals surface area contributed by atoms with Crippen LogP contribution in [0.5, 0.6) is 0 Å². The first-order valence-electron chi connectivity index (χ1n) is 10.4. The van der Waals surface area contributed by atoms with Crippen LogP contribution in [0.2, 0.25) is 0 Å². The number of sulfone groups is 1. The van der Waals surface area contributed by atoms with Crippen LogP contribution >= 0.6 is 11.3 Å². The van der Waals surface area contributed by atoms with Gasteiger partial charge in [0.2, 0.25) is 5.91 Å². The van der Waals surface area contributed by atoms with Gasteiger partial charge in [-0.2, -0.15) is 4.99 Å². The number of ether oxygens (including phenoxy) is 1. The van der Waals surface area contributed by atoms with Crippen LogP contribution in [-0.4, -0.2) is 42.1 Å². The van der Waals surface area contributed by atoms with E-state index in [1.54, 1.807) is 19.1 Å². The van der Waals surface area contributed by atoms with E-state index in [4.69, 9.17) is 4.74 Å². The van der Waals surface area contributed by atoms with E-state index in [2.05, 4.69) is 4.99 Å². The number of carbonyl (C=O) groups is 2. The minimum absolute atomic E-state index is 0.0762. The van der Waals surface area contributed by atoms with E-state index in [9.17, 15) is 28.1 Å². The molecule has 0 aliphatic carbocycles. The maximum atomic E-state index is 12.5. The average Bonchev–Trinajstić information content (AvgIpc) is 3.10. The number of esters is 1. The SMILES string of the molecule is CCOC(=O)Cn1c(=NC(=O)CCCS(=O)(=O)c2ccc(C)cc2)sc2cc([N+](=O)[O-])ccc21. The van der Waals surface area contributed by atoms with E-state index in [0.29, 0.717) is 10.2 Å². The number of non-ortho nitro benzene ring substituents is 1. The summed E-state index contributed by atoms with van der Waals surface area (Å²) in [5.74, 6) is -1.31. The first-order chi connectivity index (χ1) is 16.1. The maximum Gasteiger partial charge on any atom is 0.326 e. The van der Waals surface area contributed by atoms with Crippen LogP contribution in [0, 0.1) is 17.0 Å². The van der Waals surface area contributed by atoms with E-state index >= 15 is 0 Å². The van der Waals surface area contributed by atoms with Crippen molar-refractivity contribution < 1.29 is 27.7 Å². The molecule has 2 aromatic carbocycles. The lowest BCUT2D eigenvalue weighted by Crippen LogP contribution is -2.23. The Bertz CT molecular complexity index is 1400. The van der Waals surface area contributed by atoms with Crippen molar-refractivity contribution in [1.29, 1.82) is 0 Å². The van der Waals surface area contributed by atoms with Crippen molar-refractivity contribution in [3.8, 4) is 0 Å². The zero-order valence-electron chi connectivity index (χ0n) is 18.6. The van der Waals surface area contributed by atoms with E-state index < -0.39 is 26.6 Å². The number of hydrogen-bond acceptors (Lipinski definition) is 8. The second-order valence-corrected chi connectivity index (χ2v) is 10.5. The van der Waals surface area contributed by atoms with Crippen LogP contribution < -0.4 is 4.80 Å². The number of aryl methyl sites for hydroxylation is 1. The number of fused-ring (bicyclic) bond motifs is 1. The number of nitro benzene ring substituents is 1. The van der Waals surface area contributed by atoms with E-state index in [-0.39, 0.29) is 47.1 Å². The topological polar surface area (TPSA) is 138 Å². The summed E-state index contributed by atoms with van der Waals surface area (Å²) in [5.41, 5.74) is 1.31. The highest BCUT2D eigenvalue weighted by Crippen LogP contribution is 2.23. The molecule has 3 aromatic rings. The van der Waals surface area contributed by atoms with Crippen molar-refractivity contribution >= 4 is 49.0 Å². The molecule has 180 valence electrons. The van der Waals surface area contributed by atoms with Crippen molar-refractivity contribution in [1.82, 2.24) is 4.57 Å². The Morgan fingerprint density at radius 3 is 2.53 bits per heavy atom. The van der Waals surface area contributed by atoms with Crippen molar-refractivity contribution in [2.45, 2.75) is 38.1 Å². The Balaban J connectivity index is 1.82. The molecule has 0 unspecified atom stereocenters. The molecule has 1 heterocycles. The summed E-state index contributed by atoms with van der Waals surface area (Å²) >= 11 is 1.03. The Hall–Kier alpha value is -3.38. The Morgan fingerprint density at radius 2 is 1.88 bits per heavy atom. The van der Waals surface area contributed by atoms with Gasteiger partial charge in [-0.25, -0.2) is 8.42 Å². The molecule has 0 radical (unpaired) electrons. The molecule has 10 nitrogen and oxygen atoms in total. The van der Waals surface area contributed by atoms with E-state index in [1.165, 1.54) is 34.9 Å². The fraction of sp³-hybridized carbons (Fsp3) is 0.318. The lowest BCUT2D eigenvalue weighted by atomic mass is 10.2. The quantitative estimate of drug-likeness (QED) is 0.247. The smallest absolute Gasteiger partial charge is 0.326 e. The van der Waals surface area contributed by atoms with Gasteiger partial charge in [0.1, 0.15) is 6.54 Å². The minimum Gasteiger partial charge on any atom is -0.465 e. The molecule has 12 heteroatoms. The Labute approximate surface area is 199 Å².